The molecule has 1 aliphatic heterocycles. The Balaban J connectivity index is 1.99. The maximum atomic E-state index is 11.9. The number of Topliss-reactive ketones (excluding diaryl/α,β-unsaturated/α-hetero) is 1. The Bertz CT molecular complexity index is 378. The largest absolute Gasteiger partial charge is 0.368 e. The van der Waals surface area contributed by atoms with Crippen LogP contribution in [0.2, 0.25) is 5.02 Å². The molecule has 2 heterocycles. The molecule has 0 radical (unpaired) electrons. The van der Waals surface area contributed by atoms with E-state index in [2.05, 4.69) is 10.3 Å². The number of nitrogens with zero attached hydrogens (tertiary/aromatic N) is 1. The molecule has 2 rings (SSSR count). The fourth-order valence-corrected chi connectivity index (χ4v) is 1.81. The lowest BCUT2D eigenvalue weighted by atomic mass is 10.1. The second-order valence-corrected chi connectivity index (χ2v) is 4.08. The van der Waals surface area contributed by atoms with Crippen molar-refractivity contribution in [2.75, 3.05) is 19.7 Å². The Hall–Kier alpha value is -0.970. The van der Waals surface area contributed by atoms with Gasteiger partial charge in [-0.15, -0.1) is 0 Å². The zero-order valence-electron chi connectivity index (χ0n) is 8.78. The van der Waals surface area contributed by atoms with Crippen molar-refractivity contribution in [3.05, 3.63) is 29.0 Å². The molecule has 0 bridgehead atoms. The van der Waals surface area contributed by atoms with Crippen molar-refractivity contribution in [2.24, 2.45) is 0 Å². The molecule has 0 aromatic carbocycles. The molecule has 0 amide bonds. The first-order valence-corrected chi connectivity index (χ1v) is 5.58. The van der Waals surface area contributed by atoms with Crippen LogP contribution in [0.1, 0.15) is 5.56 Å². The summed E-state index contributed by atoms with van der Waals surface area (Å²) in [6.45, 7) is 1.97. The number of morpholine rings is 1. The number of hydrogen-bond acceptors (Lipinski definition) is 4. The van der Waals surface area contributed by atoms with Crippen molar-refractivity contribution in [3.63, 3.8) is 0 Å². The van der Waals surface area contributed by atoms with Gasteiger partial charge in [0.1, 0.15) is 6.10 Å². The van der Waals surface area contributed by atoms with E-state index in [1.165, 1.54) is 0 Å². The Morgan fingerprint density at radius 2 is 2.56 bits per heavy atom. The van der Waals surface area contributed by atoms with Gasteiger partial charge in [-0.3, -0.25) is 9.78 Å². The standard InChI is InChI=1S/C11H13ClN2O2/c12-9-6-13-2-1-8(9)5-10(15)11-7-14-3-4-16-11/h1-2,6,11,14H,3-5,7H2. The summed E-state index contributed by atoms with van der Waals surface area (Å²) in [4.78, 5) is 15.8. The SMILES string of the molecule is O=C(Cc1ccncc1Cl)C1CNCCO1. The topological polar surface area (TPSA) is 51.2 Å². The van der Waals surface area contributed by atoms with Gasteiger partial charge in [0.25, 0.3) is 0 Å². The summed E-state index contributed by atoms with van der Waals surface area (Å²) in [5.74, 6) is 0.0558. The molecule has 0 spiro atoms. The van der Waals surface area contributed by atoms with Gasteiger partial charge in [0.2, 0.25) is 0 Å². The van der Waals surface area contributed by atoms with Gasteiger partial charge in [0.15, 0.2) is 5.78 Å². The predicted octanol–water partition coefficient (Wildman–Crippen LogP) is 0.835. The van der Waals surface area contributed by atoms with E-state index in [0.29, 0.717) is 24.6 Å². The smallest absolute Gasteiger partial charge is 0.167 e. The Morgan fingerprint density at radius 3 is 3.25 bits per heavy atom. The summed E-state index contributed by atoms with van der Waals surface area (Å²) in [7, 11) is 0. The monoisotopic (exact) mass is 240 g/mol. The van der Waals surface area contributed by atoms with Crippen molar-refractivity contribution < 1.29 is 9.53 Å². The van der Waals surface area contributed by atoms with Gasteiger partial charge in [0, 0.05) is 31.9 Å². The summed E-state index contributed by atoms with van der Waals surface area (Å²) >= 11 is 5.94. The lowest BCUT2D eigenvalue weighted by Crippen LogP contribution is -2.43. The zero-order chi connectivity index (χ0) is 11.4. The number of carbonyl (C=O) groups is 1. The normalized spacial score (nSPS) is 20.7. The number of hydrogen-bond donors (Lipinski definition) is 1. The lowest BCUT2D eigenvalue weighted by Gasteiger charge is -2.22. The van der Waals surface area contributed by atoms with Gasteiger partial charge < -0.3 is 10.1 Å². The van der Waals surface area contributed by atoms with Crippen molar-refractivity contribution in [1.29, 1.82) is 0 Å². The fourth-order valence-electron chi connectivity index (χ4n) is 1.62. The van der Waals surface area contributed by atoms with Crippen LogP contribution in [0.3, 0.4) is 0 Å². The molecule has 1 N–H and O–H groups in total. The summed E-state index contributed by atoms with van der Waals surface area (Å²) < 4.78 is 5.38. The number of aromatic nitrogens is 1. The molecule has 1 saturated heterocycles. The van der Waals surface area contributed by atoms with E-state index >= 15 is 0 Å². The van der Waals surface area contributed by atoms with E-state index in [9.17, 15) is 4.79 Å². The van der Waals surface area contributed by atoms with Crippen molar-refractivity contribution in [3.8, 4) is 0 Å². The number of carbonyl (C=O) groups excluding carboxylic acids is 1. The average Bonchev–Trinajstić information content (AvgIpc) is 2.33. The third kappa shape index (κ3) is 2.78. The van der Waals surface area contributed by atoms with Crippen LogP contribution < -0.4 is 5.32 Å². The van der Waals surface area contributed by atoms with Gasteiger partial charge in [-0.05, 0) is 11.6 Å². The highest BCUT2D eigenvalue weighted by Crippen LogP contribution is 2.15. The molecule has 16 heavy (non-hydrogen) atoms. The number of rotatable bonds is 3. The van der Waals surface area contributed by atoms with Crippen LogP contribution in [0.5, 0.6) is 0 Å². The number of ketones is 1. The molecule has 0 aliphatic carbocycles. The molecule has 0 saturated carbocycles. The average molecular weight is 241 g/mol. The van der Waals surface area contributed by atoms with Gasteiger partial charge in [-0.25, -0.2) is 0 Å². The van der Waals surface area contributed by atoms with Crippen LogP contribution in [0.25, 0.3) is 0 Å². The first-order valence-electron chi connectivity index (χ1n) is 5.21. The minimum Gasteiger partial charge on any atom is -0.368 e. The van der Waals surface area contributed by atoms with Crippen LogP contribution in [-0.2, 0) is 16.0 Å². The first kappa shape index (κ1) is 11.5. The molecule has 1 aliphatic rings. The van der Waals surface area contributed by atoms with Crippen molar-refractivity contribution in [1.82, 2.24) is 10.3 Å². The Morgan fingerprint density at radius 1 is 1.69 bits per heavy atom. The summed E-state index contributed by atoms with van der Waals surface area (Å²) in [6.07, 6.45) is 3.13. The van der Waals surface area contributed by atoms with E-state index in [1.54, 1.807) is 18.5 Å². The first-order chi connectivity index (χ1) is 7.77. The summed E-state index contributed by atoms with van der Waals surface area (Å²) in [6, 6.07) is 1.76. The molecule has 4 nitrogen and oxygen atoms in total. The number of nitrogens with one attached hydrogen (secondary N) is 1. The Kier molecular flexibility index (Phi) is 3.88. The number of ether oxygens (including phenoxy) is 1. The third-order valence-corrected chi connectivity index (χ3v) is 2.85. The molecular formula is C11H13ClN2O2. The number of pyridine rings is 1. The van der Waals surface area contributed by atoms with Crippen molar-refractivity contribution in [2.45, 2.75) is 12.5 Å². The highest BCUT2D eigenvalue weighted by Gasteiger charge is 2.22. The summed E-state index contributed by atoms with van der Waals surface area (Å²) in [5.41, 5.74) is 0.802. The van der Waals surface area contributed by atoms with Crippen LogP contribution in [-0.4, -0.2) is 36.6 Å². The third-order valence-electron chi connectivity index (χ3n) is 2.51. The maximum Gasteiger partial charge on any atom is 0.167 e. The molecule has 1 aromatic heterocycles. The molecule has 1 unspecified atom stereocenters. The summed E-state index contributed by atoms with van der Waals surface area (Å²) in [5, 5.41) is 3.65. The van der Waals surface area contributed by atoms with Crippen LogP contribution in [0.15, 0.2) is 18.5 Å². The second-order valence-electron chi connectivity index (χ2n) is 3.67. The van der Waals surface area contributed by atoms with Crippen LogP contribution >= 0.6 is 11.6 Å². The molecule has 1 fully saturated rings. The second kappa shape index (κ2) is 5.39. The fraction of sp³-hybridized carbons (Fsp3) is 0.455. The predicted molar refractivity (Wildman–Crippen MR) is 60.6 cm³/mol. The molecular weight excluding hydrogens is 228 g/mol. The van der Waals surface area contributed by atoms with Gasteiger partial charge in [-0.2, -0.15) is 0 Å². The van der Waals surface area contributed by atoms with Crippen LogP contribution in [0.4, 0.5) is 0 Å². The van der Waals surface area contributed by atoms with E-state index < -0.39 is 0 Å². The highest BCUT2D eigenvalue weighted by molar-refractivity contribution is 6.31. The lowest BCUT2D eigenvalue weighted by molar-refractivity contribution is -0.131. The minimum atomic E-state index is -0.349. The van der Waals surface area contributed by atoms with E-state index in [4.69, 9.17) is 16.3 Å². The molecule has 86 valence electrons. The van der Waals surface area contributed by atoms with Gasteiger partial charge in [0.05, 0.1) is 11.6 Å². The van der Waals surface area contributed by atoms with E-state index in [1.807, 2.05) is 0 Å². The van der Waals surface area contributed by atoms with Gasteiger partial charge in [-0.1, -0.05) is 11.6 Å². The van der Waals surface area contributed by atoms with Gasteiger partial charge >= 0.3 is 0 Å². The number of halogens is 1. The minimum absolute atomic E-state index is 0.0558. The molecule has 1 aromatic rings. The molecule has 1 atom stereocenters. The van der Waals surface area contributed by atoms with E-state index in [0.717, 1.165) is 12.1 Å². The quantitative estimate of drug-likeness (QED) is 0.851. The maximum absolute atomic E-state index is 11.9. The Labute approximate surface area is 99.0 Å². The van der Waals surface area contributed by atoms with Crippen LogP contribution in [0, 0.1) is 0 Å². The molecule has 5 heteroatoms. The highest BCUT2D eigenvalue weighted by atomic mass is 35.5. The van der Waals surface area contributed by atoms with E-state index in [-0.39, 0.29) is 11.9 Å². The zero-order valence-corrected chi connectivity index (χ0v) is 9.54. The van der Waals surface area contributed by atoms with Crippen molar-refractivity contribution >= 4 is 17.4 Å².